The van der Waals surface area contributed by atoms with Gasteiger partial charge >= 0.3 is 0 Å². The molecule has 0 aliphatic carbocycles. The van der Waals surface area contributed by atoms with Gasteiger partial charge in [0.15, 0.2) is 5.84 Å². The van der Waals surface area contributed by atoms with Crippen molar-refractivity contribution < 1.29 is 10.0 Å². The van der Waals surface area contributed by atoms with E-state index < -0.39 is 0 Å². The first-order valence-corrected chi connectivity index (χ1v) is 6.97. The monoisotopic (exact) mass is 277 g/mol. The predicted molar refractivity (Wildman–Crippen MR) is 80.0 cm³/mol. The van der Waals surface area contributed by atoms with Gasteiger partial charge in [0, 0.05) is 17.2 Å². The summed E-state index contributed by atoms with van der Waals surface area (Å²) >= 11 is 0. The molecule has 0 aliphatic rings. The number of amidine groups is 1. The summed E-state index contributed by atoms with van der Waals surface area (Å²) in [4.78, 5) is 12.1. The number of hydrogen-bond acceptors (Lipinski definition) is 3. The number of unbranched alkanes of at least 4 members (excludes halogenated alkanes) is 2. The number of benzene rings is 1. The van der Waals surface area contributed by atoms with Gasteiger partial charge in [-0.25, -0.2) is 0 Å². The van der Waals surface area contributed by atoms with Gasteiger partial charge in [0.1, 0.15) is 0 Å². The van der Waals surface area contributed by atoms with Crippen molar-refractivity contribution in [2.45, 2.75) is 45.6 Å². The third kappa shape index (κ3) is 4.91. The van der Waals surface area contributed by atoms with E-state index in [1.54, 1.807) is 24.3 Å². The van der Waals surface area contributed by atoms with Crippen LogP contribution >= 0.6 is 0 Å². The fraction of sp³-hybridized carbons (Fsp3) is 0.467. The van der Waals surface area contributed by atoms with Crippen molar-refractivity contribution >= 4 is 11.7 Å². The van der Waals surface area contributed by atoms with Crippen LogP contribution < -0.4 is 11.1 Å². The molecule has 0 heterocycles. The lowest BCUT2D eigenvalue weighted by molar-refractivity contribution is 0.0938. The van der Waals surface area contributed by atoms with Gasteiger partial charge in [0.05, 0.1) is 0 Å². The molecular formula is C15H23N3O2. The van der Waals surface area contributed by atoms with Gasteiger partial charge in [-0.3, -0.25) is 4.79 Å². The number of nitrogens with two attached hydrogens (primary N) is 1. The Bertz CT molecular complexity index is 472. The quantitative estimate of drug-likeness (QED) is 0.235. The summed E-state index contributed by atoms with van der Waals surface area (Å²) in [5, 5.41) is 14.5. The molecule has 4 N–H and O–H groups in total. The van der Waals surface area contributed by atoms with Crippen LogP contribution in [0.5, 0.6) is 0 Å². The maximum Gasteiger partial charge on any atom is 0.251 e. The number of nitrogens with zero attached hydrogens (tertiary/aromatic N) is 1. The van der Waals surface area contributed by atoms with E-state index >= 15 is 0 Å². The molecule has 0 radical (unpaired) electrons. The summed E-state index contributed by atoms with van der Waals surface area (Å²) in [6.07, 6.45) is 4.43. The number of hydrogen-bond donors (Lipinski definition) is 3. The van der Waals surface area contributed by atoms with Gasteiger partial charge in [-0.05, 0) is 25.5 Å². The second kappa shape index (κ2) is 8.19. The zero-order valence-electron chi connectivity index (χ0n) is 12.1. The Hall–Kier alpha value is -2.04. The first-order valence-electron chi connectivity index (χ1n) is 6.97. The summed E-state index contributed by atoms with van der Waals surface area (Å²) in [7, 11) is 0. The van der Waals surface area contributed by atoms with Gasteiger partial charge in [0.25, 0.3) is 5.91 Å². The van der Waals surface area contributed by atoms with Crippen LogP contribution in [0, 0.1) is 0 Å². The van der Waals surface area contributed by atoms with Crippen molar-refractivity contribution in [1.29, 1.82) is 0 Å². The number of rotatable bonds is 7. The SMILES string of the molecule is CCCCCC(C)NC(=O)c1cccc(C(N)=NO)c1. The van der Waals surface area contributed by atoms with Gasteiger partial charge in [-0.1, -0.05) is 43.5 Å². The molecule has 1 rings (SSSR count). The van der Waals surface area contributed by atoms with Gasteiger partial charge < -0.3 is 16.3 Å². The molecule has 0 spiro atoms. The number of carbonyl (C=O) groups excluding carboxylic acids is 1. The van der Waals surface area contributed by atoms with Crippen molar-refractivity contribution in [1.82, 2.24) is 5.32 Å². The Morgan fingerprint density at radius 1 is 1.40 bits per heavy atom. The Balaban J connectivity index is 2.63. The molecule has 0 fully saturated rings. The van der Waals surface area contributed by atoms with E-state index in [-0.39, 0.29) is 17.8 Å². The number of oxime groups is 1. The molecule has 0 saturated carbocycles. The molecule has 1 aromatic carbocycles. The van der Waals surface area contributed by atoms with E-state index in [1.807, 2.05) is 6.92 Å². The first-order chi connectivity index (χ1) is 9.58. The minimum atomic E-state index is -0.137. The van der Waals surface area contributed by atoms with Crippen LogP contribution in [0.2, 0.25) is 0 Å². The van der Waals surface area contributed by atoms with Crippen molar-refractivity contribution in [2.75, 3.05) is 0 Å². The lowest BCUT2D eigenvalue weighted by Gasteiger charge is -2.14. The van der Waals surface area contributed by atoms with Crippen LogP contribution in [-0.2, 0) is 0 Å². The molecule has 5 nitrogen and oxygen atoms in total. The maximum absolute atomic E-state index is 12.1. The Kier molecular flexibility index (Phi) is 6.56. The maximum atomic E-state index is 12.1. The van der Waals surface area contributed by atoms with Crippen LogP contribution in [0.4, 0.5) is 0 Å². The van der Waals surface area contributed by atoms with E-state index in [4.69, 9.17) is 10.9 Å². The molecule has 1 amide bonds. The van der Waals surface area contributed by atoms with Crippen molar-refractivity contribution in [3.63, 3.8) is 0 Å². The number of amides is 1. The molecule has 20 heavy (non-hydrogen) atoms. The number of carbonyl (C=O) groups is 1. The predicted octanol–water partition coefficient (Wildman–Crippen LogP) is 2.48. The van der Waals surface area contributed by atoms with E-state index in [2.05, 4.69) is 17.4 Å². The largest absolute Gasteiger partial charge is 0.409 e. The average molecular weight is 277 g/mol. The average Bonchev–Trinajstić information content (AvgIpc) is 2.46. The van der Waals surface area contributed by atoms with Gasteiger partial charge in [0.2, 0.25) is 0 Å². The Morgan fingerprint density at radius 3 is 2.75 bits per heavy atom. The zero-order valence-corrected chi connectivity index (χ0v) is 12.1. The molecule has 0 saturated heterocycles. The third-order valence-electron chi connectivity index (χ3n) is 3.15. The molecule has 1 aromatic rings. The van der Waals surface area contributed by atoms with Crippen LogP contribution in [0.25, 0.3) is 0 Å². The smallest absolute Gasteiger partial charge is 0.251 e. The van der Waals surface area contributed by atoms with Crippen LogP contribution in [0.15, 0.2) is 29.4 Å². The molecule has 1 unspecified atom stereocenters. The topological polar surface area (TPSA) is 87.7 Å². The first kappa shape index (κ1) is 16.0. The summed E-state index contributed by atoms with van der Waals surface area (Å²) < 4.78 is 0. The highest BCUT2D eigenvalue weighted by molar-refractivity contribution is 6.01. The highest BCUT2D eigenvalue weighted by atomic mass is 16.4. The summed E-state index contributed by atoms with van der Waals surface area (Å²) in [5.74, 6) is -0.141. The second-order valence-corrected chi connectivity index (χ2v) is 4.94. The van der Waals surface area contributed by atoms with Crippen LogP contribution in [-0.4, -0.2) is 23.0 Å². The normalized spacial score (nSPS) is 13.0. The molecular weight excluding hydrogens is 254 g/mol. The summed E-state index contributed by atoms with van der Waals surface area (Å²) in [6.45, 7) is 4.16. The molecule has 5 heteroatoms. The lowest BCUT2D eigenvalue weighted by atomic mass is 10.1. The summed E-state index contributed by atoms with van der Waals surface area (Å²) in [5.41, 5.74) is 6.55. The standard InChI is InChI=1S/C15H23N3O2/c1-3-4-5-7-11(2)17-15(19)13-9-6-8-12(10-13)14(16)18-20/h6,8-11,20H,3-5,7H2,1-2H3,(H2,16,18)(H,17,19). The molecule has 0 aliphatic heterocycles. The van der Waals surface area contributed by atoms with Crippen molar-refractivity contribution in [3.05, 3.63) is 35.4 Å². The minimum absolute atomic E-state index is 0.00403. The van der Waals surface area contributed by atoms with E-state index in [9.17, 15) is 4.79 Å². The van der Waals surface area contributed by atoms with E-state index in [1.165, 1.54) is 12.8 Å². The molecule has 110 valence electrons. The minimum Gasteiger partial charge on any atom is -0.409 e. The Morgan fingerprint density at radius 2 is 2.10 bits per heavy atom. The number of nitrogens with one attached hydrogen (secondary N) is 1. The Labute approximate surface area is 119 Å². The lowest BCUT2D eigenvalue weighted by Crippen LogP contribution is -2.32. The van der Waals surface area contributed by atoms with E-state index in [0.717, 1.165) is 12.8 Å². The second-order valence-electron chi connectivity index (χ2n) is 4.94. The van der Waals surface area contributed by atoms with E-state index in [0.29, 0.717) is 11.1 Å². The zero-order chi connectivity index (χ0) is 15.0. The fourth-order valence-corrected chi connectivity index (χ4v) is 1.96. The molecule has 1 atom stereocenters. The highest BCUT2D eigenvalue weighted by Gasteiger charge is 2.11. The van der Waals surface area contributed by atoms with Crippen LogP contribution in [0.3, 0.4) is 0 Å². The molecule has 0 aromatic heterocycles. The summed E-state index contributed by atoms with van der Waals surface area (Å²) in [6, 6.07) is 6.87. The van der Waals surface area contributed by atoms with Gasteiger partial charge in [-0.2, -0.15) is 0 Å². The third-order valence-corrected chi connectivity index (χ3v) is 3.15. The molecule has 0 bridgehead atoms. The fourth-order valence-electron chi connectivity index (χ4n) is 1.96. The van der Waals surface area contributed by atoms with Crippen molar-refractivity contribution in [3.8, 4) is 0 Å². The van der Waals surface area contributed by atoms with Crippen molar-refractivity contribution in [2.24, 2.45) is 10.9 Å². The van der Waals surface area contributed by atoms with Crippen LogP contribution in [0.1, 0.15) is 55.5 Å². The van der Waals surface area contributed by atoms with Gasteiger partial charge in [-0.15, -0.1) is 0 Å². The highest BCUT2D eigenvalue weighted by Crippen LogP contribution is 2.07.